The molecule has 29 nitrogen and oxygen atoms in total. The number of rotatable bonds is 22. The Labute approximate surface area is 468 Å². The number of phosphoric ester groups is 2. The predicted molar refractivity (Wildman–Crippen MR) is 289 cm³/mol. The third kappa shape index (κ3) is 13.7. The Morgan fingerprint density at radius 2 is 1.29 bits per heavy atom. The minimum absolute atomic E-state index is 0.0538. The number of benzene rings is 2. The Bertz CT molecular complexity index is 3770. The predicted octanol–water partition coefficient (Wildman–Crippen LogP) is 2.43. The van der Waals surface area contributed by atoms with E-state index in [1.165, 1.54) is 30.6 Å². The van der Waals surface area contributed by atoms with Crippen LogP contribution in [-0.4, -0.2) is 130 Å². The first-order chi connectivity index (χ1) is 39.3. The number of aromatic nitrogens is 7. The minimum atomic E-state index is -5.25. The van der Waals surface area contributed by atoms with Crippen molar-refractivity contribution in [3.8, 4) is 34.1 Å². The number of anilines is 1. The molecule has 9 rings (SSSR count). The number of aldehydes is 2. The number of nitrogens with zero attached hydrogens (tertiary/aromatic N) is 5. The van der Waals surface area contributed by atoms with E-state index in [1.807, 2.05) is 6.92 Å². The summed E-state index contributed by atoms with van der Waals surface area (Å²) in [6.45, 7) is -0.299. The highest BCUT2D eigenvalue weighted by molar-refractivity contribution is 7.75. The number of hydrogen-bond acceptors (Lipinski definition) is 22. The van der Waals surface area contributed by atoms with Gasteiger partial charge in [0, 0.05) is 61.0 Å². The lowest BCUT2D eigenvalue weighted by atomic mass is 10.0. The third-order valence-electron chi connectivity index (χ3n) is 13.4. The fourth-order valence-corrected chi connectivity index (χ4v) is 11.5. The summed E-state index contributed by atoms with van der Waals surface area (Å²) in [5.74, 6) is 5.12. The maximum absolute atomic E-state index is 13.9. The normalized spacial score (nSPS) is 23.9. The Balaban J connectivity index is 0.914. The molecule has 0 saturated carbocycles. The van der Waals surface area contributed by atoms with Crippen LogP contribution in [0.4, 0.5) is 5.82 Å². The molecule has 11 atom stereocenters. The number of ether oxygens (including phenoxy) is 3. The first-order valence-electron chi connectivity index (χ1n) is 25.2. The van der Waals surface area contributed by atoms with Crippen LogP contribution in [0.25, 0.3) is 33.3 Å². The van der Waals surface area contributed by atoms with Gasteiger partial charge in [-0.2, -0.15) is 0 Å². The van der Waals surface area contributed by atoms with Crippen LogP contribution in [0.3, 0.4) is 0 Å². The molecule has 3 saturated heterocycles. The zero-order chi connectivity index (χ0) is 58.5. The van der Waals surface area contributed by atoms with E-state index in [9.17, 15) is 57.6 Å². The number of aromatic amines is 2. The number of aliphatic hydroxyl groups excluding tert-OH is 1. The van der Waals surface area contributed by atoms with Crippen molar-refractivity contribution in [2.24, 2.45) is 0 Å². The molecule has 0 radical (unpaired) electrons. The molecule has 3 fully saturated rings. The number of carbonyl (C=O) groups excluding carboxylic acids is 3. The molecule has 8 N–H and O–H groups in total. The number of fused-ring (bicyclic) bond motifs is 1. The van der Waals surface area contributed by atoms with Crippen molar-refractivity contribution in [2.75, 3.05) is 32.1 Å². The number of amides is 1. The summed E-state index contributed by atoms with van der Waals surface area (Å²) in [6.07, 6.45) is -5.36. The molecule has 82 heavy (non-hydrogen) atoms. The molecule has 1 amide bonds. The maximum Gasteiger partial charge on any atom is 0.472 e. The molecule has 434 valence electrons. The van der Waals surface area contributed by atoms with Crippen molar-refractivity contribution in [2.45, 2.75) is 94.3 Å². The van der Waals surface area contributed by atoms with Crippen LogP contribution in [0.5, 0.6) is 0 Å². The highest BCUT2D eigenvalue weighted by atomic mass is 32.1. The van der Waals surface area contributed by atoms with Crippen LogP contribution in [0.1, 0.15) is 84.0 Å². The summed E-state index contributed by atoms with van der Waals surface area (Å²) in [5, 5.41) is 14.2. The first-order valence-corrected chi connectivity index (χ1v) is 28.5. The lowest BCUT2D eigenvalue weighted by molar-refractivity contribution is -0.120. The van der Waals surface area contributed by atoms with Gasteiger partial charge in [0.05, 0.1) is 43.4 Å². The van der Waals surface area contributed by atoms with Crippen LogP contribution in [0.2, 0.25) is 0 Å². The van der Waals surface area contributed by atoms with Gasteiger partial charge in [-0.1, -0.05) is 67.3 Å². The van der Waals surface area contributed by atoms with Gasteiger partial charge in [0.2, 0.25) is 5.91 Å². The molecule has 0 bridgehead atoms. The van der Waals surface area contributed by atoms with Crippen LogP contribution in [0, 0.1) is 11.8 Å². The second-order valence-corrected chi connectivity index (χ2v) is 22.0. The van der Waals surface area contributed by atoms with Crippen LogP contribution < -0.4 is 33.5 Å². The van der Waals surface area contributed by atoms with Crippen molar-refractivity contribution in [1.29, 1.82) is 0 Å². The highest BCUT2D eigenvalue weighted by Gasteiger charge is 2.47. The number of H-pyrrole nitrogens is 2. The Morgan fingerprint density at radius 1 is 0.768 bits per heavy atom. The van der Waals surface area contributed by atoms with Gasteiger partial charge in [-0.05, 0) is 30.5 Å². The number of phosphoric acid groups is 2. The molecule has 3 aliphatic rings. The highest BCUT2D eigenvalue weighted by Crippen LogP contribution is 2.52. The van der Waals surface area contributed by atoms with Crippen LogP contribution in [-0.2, 0) is 50.4 Å². The molecule has 6 aromatic rings. The number of thiol groups is 1. The summed E-state index contributed by atoms with van der Waals surface area (Å²) in [4.78, 5) is 122. The quantitative estimate of drug-likeness (QED) is 0.0159. The van der Waals surface area contributed by atoms with Crippen molar-refractivity contribution < 1.29 is 74.9 Å². The van der Waals surface area contributed by atoms with E-state index < -0.39 is 113 Å². The topological polar surface area (TPSA) is 398 Å². The first kappa shape index (κ1) is 59.6. The molecule has 2 aromatic carbocycles. The van der Waals surface area contributed by atoms with Gasteiger partial charge < -0.3 is 48.9 Å². The van der Waals surface area contributed by atoms with Gasteiger partial charge in [-0.15, -0.1) is 0 Å². The number of nitrogens with two attached hydrogens (primary N) is 1. The average Bonchev–Trinajstić information content (AvgIpc) is 3.37. The number of nitrogens with one attached hydrogen (secondary N) is 3. The largest absolute Gasteiger partial charge is 0.472 e. The Kier molecular flexibility index (Phi) is 18.6. The van der Waals surface area contributed by atoms with Gasteiger partial charge >= 0.3 is 27.0 Å². The monoisotopic (exact) mass is 1190 g/mol. The fraction of sp³-hybridized carbons (Fsp3) is 0.380. The van der Waals surface area contributed by atoms with Gasteiger partial charge in [0.25, 0.3) is 11.1 Å². The van der Waals surface area contributed by atoms with Gasteiger partial charge in [0.1, 0.15) is 85.1 Å². The fourth-order valence-electron chi connectivity index (χ4n) is 9.43. The van der Waals surface area contributed by atoms with Gasteiger partial charge in [0.15, 0.2) is 0 Å². The SMILES string of the molecule is CCCC(=O)NCC#Cc1cn([C@H]2C[C@H](OP(=O)(O)OC[C@H]3O[C@@H](n4cc(-c5ccc(C=O)cc5)c(=O)[nH]c4=O)C[C@@H]3OP(=O)(O)OC[C@H]3O[C@@H](n4cc(-c5ccc(C=O)cc5)c5c(N)ncnc54)C[C@@H]3O)[C@@H](COS)O2)c(=O)[nH]c1=O. The van der Waals surface area contributed by atoms with E-state index in [0.717, 1.165) is 21.5 Å². The molecular formula is C50H53N9O20P2S. The molecule has 2 unspecified atom stereocenters. The zero-order valence-corrected chi connectivity index (χ0v) is 45.8. The molecule has 32 heteroatoms. The number of hydrogen-bond donors (Lipinski definition) is 8. The minimum Gasteiger partial charge on any atom is -0.390 e. The average molecular weight is 1190 g/mol. The van der Waals surface area contributed by atoms with E-state index >= 15 is 0 Å². The van der Waals surface area contributed by atoms with E-state index in [1.54, 1.807) is 35.0 Å². The molecule has 3 aliphatic heterocycles. The van der Waals surface area contributed by atoms with Gasteiger partial charge in [-0.25, -0.2) is 28.7 Å². The zero-order valence-electron chi connectivity index (χ0n) is 43.1. The standard InChI is InChI=1S/C50H53N9O20P2S/c1-2-4-40(63)52-14-3-5-31-18-58(49(66)55-47(31)64)42-17-36(39(77-42)25-74-82)79-81(70,71)73-24-38-35(16-43(76-38)59-20-33(48(65)56-50(59)67)30-12-8-28(22-61)9-13-30)78-80(68,69)72-23-37-34(62)15-41(75-37)57-19-32(29-10-6-27(21-60)7-11-29)44-45(51)53-26-54-46(44)57/h6-13,18-22,26,34-39,41-43,62,82H,2,4,14-17,23-25H2,1H3,(H,52,63)(H,68,69)(H,70,71)(H2,51,53,54)(H,55,64,66)(H,56,65,67)/t34-,35-,36-,37+,38+,39+,41+,42+,43+/m0/s1. The summed E-state index contributed by atoms with van der Waals surface area (Å²) in [7, 11) is -10.5. The summed E-state index contributed by atoms with van der Waals surface area (Å²) in [5.41, 5.74) is 5.10. The number of carbonyl (C=O) groups is 3. The lowest BCUT2D eigenvalue weighted by Gasteiger charge is -2.24. The van der Waals surface area contributed by atoms with E-state index in [-0.39, 0.29) is 60.8 Å². The van der Waals surface area contributed by atoms with Crippen molar-refractivity contribution in [1.82, 2.24) is 39.0 Å². The lowest BCUT2D eigenvalue weighted by Crippen LogP contribution is -2.33. The maximum atomic E-state index is 13.9. The molecule has 7 heterocycles. The summed E-state index contributed by atoms with van der Waals surface area (Å²) < 4.78 is 76.4. The second kappa shape index (κ2) is 25.6. The summed E-state index contributed by atoms with van der Waals surface area (Å²) in [6, 6.07) is 12.5. The van der Waals surface area contributed by atoms with Crippen LogP contribution in [0.15, 0.2) is 92.6 Å². The number of nitrogen functional groups attached to an aromatic ring is 1. The van der Waals surface area contributed by atoms with E-state index in [0.29, 0.717) is 52.3 Å². The van der Waals surface area contributed by atoms with Crippen molar-refractivity contribution >= 4 is 63.9 Å². The molecule has 0 spiro atoms. The van der Waals surface area contributed by atoms with Crippen LogP contribution >= 0.6 is 28.6 Å². The molecular weight excluding hydrogens is 1140 g/mol. The smallest absolute Gasteiger partial charge is 0.390 e. The second-order valence-electron chi connectivity index (χ2n) is 18.9. The third-order valence-corrected chi connectivity index (χ3v) is 15.6. The summed E-state index contributed by atoms with van der Waals surface area (Å²) >= 11 is 3.78. The molecule has 4 aromatic heterocycles. The van der Waals surface area contributed by atoms with E-state index in [2.05, 4.69) is 50.0 Å². The number of aliphatic hydroxyl groups is 1. The van der Waals surface area contributed by atoms with Crippen molar-refractivity contribution in [3.05, 3.63) is 132 Å². The molecule has 0 aliphatic carbocycles. The Hall–Kier alpha value is -7.04. The Morgan fingerprint density at radius 3 is 1.88 bits per heavy atom. The van der Waals surface area contributed by atoms with Gasteiger partial charge in [-0.3, -0.25) is 61.2 Å². The van der Waals surface area contributed by atoms with E-state index in [4.69, 9.17) is 42.2 Å². The van der Waals surface area contributed by atoms with Crippen molar-refractivity contribution in [3.63, 3.8) is 0 Å².